The summed E-state index contributed by atoms with van der Waals surface area (Å²) in [5, 5.41) is 0. The van der Waals surface area contributed by atoms with Crippen molar-refractivity contribution in [2.75, 3.05) is 0 Å². The zero-order chi connectivity index (χ0) is 6.69. The van der Waals surface area contributed by atoms with Crippen LogP contribution < -0.4 is 0 Å². The van der Waals surface area contributed by atoms with Crippen LogP contribution in [0.3, 0.4) is 0 Å². The minimum absolute atomic E-state index is 1.21. The Labute approximate surface area is 57.3 Å². The zero-order valence-electron chi connectivity index (χ0n) is 6.28. The van der Waals surface area contributed by atoms with Crippen LogP contribution in [0.4, 0.5) is 0 Å². The lowest BCUT2D eigenvalue weighted by Gasteiger charge is -1.98. The second-order valence-corrected chi connectivity index (χ2v) is 2.64. The summed E-state index contributed by atoms with van der Waals surface area (Å²) in [6.07, 6.45) is 8.26. The molecule has 0 spiro atoms. The van der Waals surface area contributed by atoms with Crippen molar-refractivity contribution in [2.24, 2.45) is 0 Å². The van der Waals surface area contributed by atoms with Crippen LogP contribution in [0.2, 0.25) is 0 Å². The quantitative estimate of drug-likeness (QED) is 0.528. The van der Waals surface area contributed by atoms with E-state index < -0.39 is 0 Å². The summed E-state index contributed by atoms with van der Waals surface area (Å²) in [5.41, 5.74) is 3.13. The maximum absolute atomic E-state index is 2.25. The molecule has 0 aliphatic heterocycles. The number of hydrogen-bond donors (Lipinski definition) is 0. The van der Waals surface area contributed by atoms with Crippen LogP contribution in [0.1, 0.15) is 33.1 Å². The lowest BCUT2D eigenvalue weighted by molar-refractivity contribution is 0.879. The molecule has 9 heavy (non-hydrogen) atoms. The van der Waals surface area contributed by atoms with Crippen LogP contribution in [0.25, 0.3) is 0 Å². The first-order chi connectivity index (χ1) is 4.34. The van der Waals surface area contributed by atoms with Crippen molar-refractivity contribution in [3.63, 3.8) is 0 Å². The highest BCUT2D eigenvalue weighted by Gasteiger charge is 2.01. The topological polar surface area (TPSA) is 0 Å². The van der Waals surface area contributed by atoms with E-state index in [1.165, 1.54) is 24.8 Å². The molecule has 0 unspecified atom stereocenters. The van der Waals surface area contributed by atoms with Gasteiger partial charge in [-0.3, -0.25) is 0 Å². The van der Waals surface area contributed by atoms with Crippen molar-refractivity contribution in [3.8, 4) is 0 Å². The van der Waals surface area contributed by atoms with Crippen molar-refractivity contribution in [2.45, 2.75) is 33.1 Å². The highest BCUT2D eigenvalue weighted by molar-refractivity contribution is 5.31. The molecule has 0 amide bonds. The summed E-state index contributed by atoms with van der Waals surface area (Å²) >= 11 is 0. The molecular formula is C9H14. The van der Waals surface area contributed by atoms with Gasteiger partial charge in [-0.25, -0.2) is 0 Å². The molecule has 0 aromatic heterocycles. The van der Waals surface area contributed by atoms with Gasteiger partial charge in [-0.05, 0) is 19.8 Å². The first kappa shape index (κ1) is 6.60. The molecule has 0 radical (unpaired) electrons. The summed E-state index contributed by atoms with van der Waals surface area (Å²) in [4.78, 5) is 0. The van der Waals surface area contributed by atoms with E-state index in [0.717, 1.165) is 0 Å². The van der Waals surface area contributed by atoms with Gasteiger partial charge in [0.1, 0.15) is 0 Å². The van der Waals surface area contributed by atoms with Crippen molar-refractivity contribution in [1.82, 2.24) is 0 Å². The van der Waals surface area contributed by atoms with Crippen molar-refractivity contribution in [3.05, 3.63) is 23.3 Å². The van der Waals surface area contributed by atoms with Crippen LogP contribution in [-0.2, 0) is 0 Å². The number of allylic oxidation sites excluding steroid dienone is 4. The Morgan fingerprint density at radius 1 is 1.56 bits per heavy atom. The maximum atomic E-state index is 2.25. The second-order valence-electron chi connectivity index (χ2n) is 2.64. The lowest BCUT2D eigenvalue weighted by atomic mass is 10.1. The molecule has 0 saturated heterocycles. The Balaban J connectivity index is 2.51. The Morgan fingerprint density at radius 2 is 2.33 bits per heavy atom. The fourth-order valence-corrected chi connectivity index (χ4v) is 1.26. The third-order valence-electron chi connectivity index (χ3n) is 1.84. The van der Waals surface area contributed by atoms with Crippen LogP contribution in [0.15, 0.2) is 23.3 Å². The molecule has 0 heterocycles. The smallest absolute Gasteiger partial charge is 0.0130 e. The lowest BCUT2D eigenvalue weighted by Crippen LogP contribution is -1.78. The van der Waals surface area contributed by atoms with Crippen molar-refractivity contribution < 1.29 is 0 Å². The van der Waals surface area contributed by atoms with E-state index in [2.05, 4.69) is 26.0 Å². The summed E-state index contributed by atoms with van der Waals surface area (Å²) < 4.78 is 0. The summed E-state index contributed by atoms with van der Waals surface area (Å²) in [7, 11) is 0. The van der Waals surface area contributed by atoms with Crippen LogP contribution >= 0.6 is 0 Å². The fourth-order valence-electron chi connectivity index (χ4n) is 1.26. The Kier molecular flexibility index (Phi) is 2.10. The molecule has 1 aliphatic carbocycles. The van der Waals surface area contributed by atoms with Gasteiger partial charge < -0.3 is 0 Å². The Hall–Kier alpha value is -0.520. The van der Waals surface area contributed by atoms with Gasteiger partial charge in [-0.1, -0.05) is 36.6 Å². The normalized spacial score (nSPS) is 17.6. The number of hydrogen-bond acceptors (Lipinski definition) is 0. The maximum Gasteiger partial charge on any atom is -0.0130 e. The minimum Gasteiger partial charge on any atom is -0.0802 e. The first-order valence-corrected chi connectivity index (χ1v) is 3.69. The van der Waals surface area contributed by atoms with E-state index in [4.69, 9.17) is 0 Å². The second kappa shape index (κ2) is 2.86. The monoisotopic (exact) mass is 122 g/mol. The van der Waals surface area contributed by atoms with E-state index in [1.807, 2.05) is 0 Å². The fraction of sp³-hybridized carbons (Fsp3) is 0.556. The number of rotatable bonds is 2. The zero-order valence-corrected chi connectivity index (χ0v) is 6.28. The SMILES string of the molecule is CCCC1=C(C)C=CC1. The average molecular weight is 122 g/mol. The Morgan fingerprint density at radius 3 is 2.78 bits per heavy atom. The third-order valence-corrected chi connectivity index (χ3v) is 1.84. The van der Waals surface area contributed by atoms with Gasteiger partial charge >= 0.3 is 0 Å². The van der Waals surface area contributed by atoms with Gasteiger partial charge in [0, 0.05) is 0 Å². The molecule has 0 nitrogen and oxygen atoms in total. The van der Waals surface area contributed by atoms with E-state index in [-0.39, 0.29) is 0 Å². The molecule has 0 heteroatoms. The molecule has 50 valence electrons. The summed E-state index contributed by atoms with van der Waals surface area (Å²) in [6, 6.07) is 0. The van der Waals surface area contributed by atoms with Gasteiger partial charge in [0.15, 0.2) is 0 Å². The third kappa shape index (κ3) is 1.44. The van der Waals surface area contributed by atoms with Crippen LogP contribution in [0, 0.1) is 0 Å². The van der Waals surface area contributed by atoms with Gasteiger partial charge in [0.2, 0.25) is 0 Å². The molecule has 0 bridgehead atoms. The van der Waals surface area contributed by atoms with E-state index >= 15 is 0 Å². The molecule has 0 atom stereocenters. The molecular weight excluding hydrogens is 108 g/mol. The molecule has 0 N–H and O–H groups in total. The molecule has 1 rings (SSSR count). The van der Waals surface area contributed by atoms with Crippen LogP contribution in [0.5, 0.6) is 0 Å². The highest BCUT2D eigenvalue weighted by Crippen LogP contribution is 2.21. The van der Waals surface area contributed by atoms with E-state index in [0.29, 0.717) is 0 Å². The van der Waals surface area contributed by atoms with Crippen molar-refractivity contribution >= 4 is 0 Å². The summed E-state index contributed by atoms with van der Waals surface area (Å²) in [6.45, 7) is 4.44. The Bertz CT molecular complexity index is 149. The minimum atomic E-state index is 1.21. The molecule has 0 aromatic carbocycles. The predicted octanol–water partition coefficient (Wildman–Crippen LogP) is 3.06. The average Bonchev–Trinajstić information content (AvgIpc) is 2.18. The molecule has 1 aliphatic rings. The van der Waals surface area contributed by atoms with E-state index in [9.17, 15) is 0 Å². The first-order valence-electron chi connectivity index (χ1n) is 3.69. The molecule has 0 saturated carbocycles. The van der Waals surface area contributed by atoms with Crippen molar-refractivity contribution in [1.29, 1.82) is 0 Å². The van der Waals surface area contributed by atoms with Gasteiger partial charge in [0.25, 0.3) is 0 Å². The van der Waals surface area contributed by atoms with Crippen LogP contribution in [-0.4, -0.2) is 0 Å². The summed E-state index contributed by atoms with van der Waals surface area (Å²) in [5.74, 6) is 0. The van der Waals surface area contributed by atoms with E-state index in [1.54, 1.807) is 5.57 Å². The largest absolute Gasteiger partial charge is 0.0802 e. The molecule has 0 fully saturated rings. The predicted molar refractivity (Wildman–Crippen MR) is 41.4 cm³/mol. The van der Waals surface area contributed by atoms with Gasteiger partial charge in [-0.2, -0.15) is 0 Å². The van der Waals surface area contributed by atoms with Gasteiger partial charge in [0.05, 0.1) is 0 Å². The highest BCUT2D eigenvalue weighted by atomic mass is 14.1. The standard InChI is InChI=1S/C9H14/c1-3-5-9-7-4-6-8(9)2/h4,6H,3,5,7H2,1-2H3. The molecule has 0 aromatic rings. The van der Waals surface area contributed by atoms with Gasteiger partial charge in [-0.15, -0.1) is 0 Å².